The molecule has 2 aromatic carbocycles. The maximum Gasteiger partial charge on any atom is 0.351 e. The minimum Gasteiger partial charge on any atom is -0.485 e. The Bertz CT molecular complexity index is 777. The zero-order valence-corrected chi connectivity index (χ0v) is 14.8. The molecule has 0 bridgehead atoms. The van der Waals surface area contributed by atoms with Crippen LogP contribution in [-0.2, 0) is 20.9 Å². The quantitative estimate of drug-likeness (QED) is 0.771. The summed E-state index contributed by atoms with van der Waals surface area (Å²) in [6, 6.07) is 16.7. The fourth-order valence-corrected chi connectivity index (χ4v) is 2.68. The van der Waals surface area contributed by atoms with Crippen molar-refractivity contribution >= 4 is 11.9 Å². The molecular formula is C20H21NO5. The first-order valence-corrected chi connectivity index (χ1v) is 8.42. The van der Waals surface area contributed by atoms with Gasteiger partial charge in [0, 0.05) is 13.6 Å². The Morgan fingerprint density at radius 2 is 1.77 bits per heavy atom. The summed E-state index contributed by atoms with van der Waals surface area (Å²) >= 11 is 0. The van der Waals surface area contributed by atoms with Crippen LogP contribution >= 0.6 is 0 Å². The normalized spacial score (nSPS) is 16.5. The van der Waals surface area contributed by atoms with Crippen LogP contribution in [0, 0.1) is 0 Å². The lowest BCUT2D eigenvalue weighted by Crippen LogP contribution is -2.43. The highest BCUT2D eigenvalue weighted by Crippen LogP contribution is 2.31. The zero-order chi connectivity index (χ0) is 18.5. The molecule has 6 heteroatoms. The lowest BCUT2D eigenvalue weighted by atomic mass is 10.2. The van der Waals surface area contributed by atoms with Crippen LogP contribution in [-0.4, -0.2) is 42.6 Å². The molecule has 0 aliphatic carbocycles. The molecule has 2 aromatic rings. The largest absolute Gasteiger partial charge is 0.485 e. The molecule has 1 amide bonds. The first-order chi connectivity index (χ1) is 12.5. The van der Waals surface area contributed by atoms with Gasteiger partial charge in [0.15, 0.2) is 17.6 Å². The van der Waals surface area contributed by atoms with Crippen LogP contribution in [0.5, 0.6) is 11.5 Å². The van der Waals surface area contributed by atoms with Crippen LogP contribution in [0.1, 0.15) is 12.5 Å². The number of para-hydroxylation sites is 2. The topological polar surface area (TPSA) is 65.1 Å². The lowest BCUT2D eigenvalue weighted by Gasteiger charge is -2.27. The molecule has 0 saturated heterocycles. The molecule has 1 heterocycles. The molecule has 2 atom stereocenters. The molecule has 0 fully saturated rings. The van der Waals surface area contributed by atoms with Gasteiger partial charge in [-0.3, -0.25) is 4.79 Å². The van der Waals surface area contributed by atoms with Gasteiger partial charge >= 0.3 is 5.97 Å². The Labute approximate surface area is 152 Å². The standard InChI is InChI=1S/C20H21NO5/c1-14(19(22)21(2)12-15-8-4-3-5-9-15)25-20(23)18-13-24-16-10-6-7-11-17(16)26-18/h3-11,14,18H,12-13H2,1-2H3/t14-,18+/m0/s1. The summed E-state index contributed by atoms with van der Waals surface area (Å²) in [6.45, 7) is 2.05. The van der Waals surface area contributed by atoms with Crippen LogP contribution < -0.4 is 9.47 Å². The summed E-state index contributed by atoms with van der Waals surface area (Å²) < 4.78 is 16.4. The van der Waals surface area contributed by atoms with Crippen LogP contribution in [0.4, 0.5) is 0 Å². The van der Waals surface area contributed by atoms with Gasteiger partial charge < -0.3 is 19.1 Å². The molecule has 0 radical (unpaired) electrons. The number of ether oxygens (including phenoxy) is 3. The van der Waals surface area contributed by atoms with Gasteiger partial charge in [-0.25, -0.2) is 4.79 Å². The van der Waals surface area contributed by atoms with Crippen molar-refractivity contribution in [2.24, 2.45) is 0 Å². The number of esters is 1. The molecular weight excluding hydrogens is 334 g/mol. The summed E-state index contributed by atoms with van der Waals surface area (Å²) in [7, 11) is 1.68. The second kappa shape index (κ2) is 7.91. The van der Waals surface area contributed by atoms with Gasteiger partial charge in [-0.05, 0) is 24.6 Å². The average molecular weight is 355 g/mol. The van der Waals surface area contributed by atoms with Gasteiger partial charge in [-0.1, -0.05) is 42.5 Å². The molecule has 3 rings (SSSR count). The Balaban J connectivity index is 1.54. The maximum atomic E-state index is 12.4. The van der Waals surface area contributed by atoms with Crippen molar-refractivity contribution in [3.63, 3.8) is 0 Å². The number of hydrogen-bond acceptors (Lipinski definition) is 5. The Hall–Kier alpha value is -3.02. The van der Waals surface area contributed by atoms with Crippen molar-refractivity contribution < 1.29 is 23.8 Å². The third-order valence-corrected chi connectivity index (χ3v) is 4.05. The zero-order valence-electron chi connectivity index (χ0n) is 14.8. The molecule has 0 aromatic heterocycles. The van der Waals surface area contributed by atoms with E-state index in [1.54, 1.807) is 32.2 Å². The fourth-order valence-electron chi connectivity index (χ4n) is 2.68. The number of nitrogens with zero attached hydrogens (tertiary/aromatic N) is 1. The lowest BCUT2D eigenvalue weighted by molar-refractivity contribution is -0.166. The highest BCUT2D eigenvalue weighted by atomic mass is 16.6. The van der Waals surface area contributed by atoms with Crippen molar-refractivity contribution in [2.75, 3.05) is 13.7 Å². The van der Waals surface area contributed by atoms with Gasteiger partial charge in [0.2, 0.25) is 6.10 Å². The molecule has 1 aliphatic rings. The van der Waals surface area contributed by atoms with Crippen LogP contribution in [0.3, 0.4) is 0 Å². The Morgan fingerprint density at radius 3 is 2.50 bits per heavy atom. The number of carbonyl (C=O) groups excluding carboxylic acids is 2. The molecule has 26 heavy (non-hydrogen) atoms. The van der Waals surface area contributed by atoms with Crippen LogP contribution in [0.2, 0.25) is 0 Å². The van der Waals surface area contributed by atoms with E-state index in [4.69, 9.17) is 14.2 Å². The third kappa shape index (κ3) is 4.14. The van der Waals surface area contributed by atoms with E-state index in [9.17, 15) is 9.59 Å². The summed E-state index contributed by atoms with van der Waals surface area (Å²) in [5.41, 5.74) is 1.00. The van der Waals surface area contributed by atoms with Crippen LogP contribution in [0.15, 0.2) is 54.6 Å². The van der Waals surface area contributed by atoms with Gasteiger partial charge in [0.25, 0.3) is 5.91 Å². The number of carbonyl (C=O) groups is 2. The van der Waals surface area contributed by atoms with Crippen molar-refractivity contribution in [2.45, 2.75) is 25.7 Å². The number of hydrogen-bond donors (Lipinski definition) is 0. The van der Waals surface area contributed by atoms with Crippen molar-refractivity contribution in [3.8, 4) is 11.5 Å². The summed E-state index contributed by atoms with van der Waals surface area (Å²) in [5.74, 6) is 0.178. The second-order valence-electron chi connectivity index (χ2n) is 6.12. The SMILES string of the molecule is C[C@H](OC(=O)[C@H]1COc2ccccc2O1)C(=O)N(C)Cc1ccccc1. The van der Waals surface area contributed by atoms with E-state index in [2.05, 4.69) is 0 Å². The molecule has 0 N–H and O–H groups in total. The average Bonchev–Trinajstić information content (AvgIpc) is 2.67. The van der Waals surface area contributed by atoms with Gasteiger partial charge in [0.05, 0.1) is 0 Å². The first-order valence-electron chi connectivity index (χ1n) is 8.42. The fraction of sp³-hybridized carbons (Fsp3) is 0.300. The van der Waals surface area contributed by atoms with E-state index < -0.39 is 18.2 Å². The second-order valence-corrected chi connectivity index (χ2v) is 6.12. The van der Waals surface area contributed by atoms with Gasteiger partial charge in [0.1, 0.15) is 6.61 Å². The van der Waals surface area contributed by atoms with Gasteiger partial charge in [-0.15, -0.1) is 0 Å². The smallest absolute Gasteiger partial charge is 0.351 e. The summed E-state index contributed by atoms with van der Waals surface area (Å²) in [4.78, 5) is 26.3. The van der Waals surface area contributed by atoms with Gasteiger partial charge in [-0.2, -0.15) is 0 Å². The highest BCUT2D eigenvalue weighted by Gasteiger charge is 2.31. The van der Waals surface area contributed by atoms with E-state index >= 15 is 0 Å². The molecule has 0 unspecified atom stereocenters. The maximum absolute atomic E-state index is 12.4. The summed E-state index contributed by atoms with van der Waals surface area (Å²) in [6.07, 6.45) is -1.79. The number of rotatable bonds is 5. The number of fused-ring (bicyclic) bond motifs is 1. The summed E-state index contributed by atoms with van der Waals surface area (Å²) in [5, 5.41) is 0. The number of benzene rings is 2. The molecule has 136 valence electrons. The van der Waals surface area contributed by atoms with E-state index in [0.29, 0.717) is 18.0 Å². The van der Waals surface area contributed by atoms with E-state index in [1.807, 2.05) is 36.4 Å². The number of likely N-dealkylation sites (N-methyl/N-ethyl adjacent to an activating group) is 1. The van der Waals surface area contributed by atoms with Crippen LogP contribution in [0.25, 0.3) is 0 Å². The van der Waals surface area contributed by atoms with E-state index in [-0.39, 0.29) is 12.5 Å². The minimum atomic E-state index is -0.906. The number of amides is 1. The Morgan fingerprint density at radius 1 is 1.12 bits per heavy atom. The van der Waals surface area contributed by atoms with Crippen molar-refractivity contribution in [1.82, 2.24) is 4.90 Å². The van der Waals surface area contributed by atoms with E-state index in [1.165, 1.54) is 4.90 Å². The minimum absolute atomic E-state index is 0.0522. The molecule has 6 nitrogen and oxygen atoms in total. The highest BCUT2D eigenvalue weighted by molar-refractivity contribution is 5.84. The predicted molar refractivity (Wildman–Crippen MR) is 94.8 cm³/mol. The molecule has 0 spiro atoms. The predicted octanol–water partition coefficient (Wildman–Crippen LogP) is 2.42. The third-order valence-electron chi connectivity index (χ3n) is 4.05. The van der Waals surface area contributed by atoms with Crippen molar-refractivity contribution in [1.29, 1.82) is 0 Å². The molecule has 0 saturated carbocycles. The van der Waals surface area contributed by atoms with Crippen molar-refractivity contribution in [3.05, 3.63) is 60.2 Å². The molecule has 1 aliphatic heterocycles. The monoisotopic (exact) mass is 355 g/mol. The Kier molecular flexibility index (Phi) is 5.41. The van der Waals surface area contributed by atoms with E-state index in [0.717, 1.165) is 5.56 Å². The first kappa shape index (κ1) is 17.8.